The summed E-state index contributed by atoms with van der Waals surface area (Å²) in [5, 5.41) is 6.29. The lowest BCUT2D eigenvalue weighted by molar-refractivity contribution is -0.122. The summed E-state index contributed by atoms with van der Waals surface area (Å²) in [6, 6.07) is 0. The summed E-state index contributed by atoms with van der Waals surface area (Å²) in [7, 11) is 3.67. The second kappa shape index (κ2) is 11.4. The van der Waals surface area contributed by atoms with Gasteiger partial charge in [0.05, 0.1) is 13.2 Å². The molecule has 1 fully saturated rings. The van der Waals surface area contributed by atoms with Gasteiger partial charge < -0.3 is 25.2 Å². The molecule has 1 saturated heterocycles. The van der Waals surface area contributed by atoms with Crippen LogP contribution in [-0.2, 0) is 9.53 Å². The first-order valence-electron chi connectivity index (χ1n) is 9.77. The van der Waals surface area contributed by atoms with Gasteiger partial charge in [-0.3, -0.25) is 9.79 Å². The molecule has 1 amide bonds. The molecule has 26 heavy (non-hydrogen) atoms. The number of likely N-dealkylation sites (tertiary alicyclic amines) is 1. The molecule has 0 bridgehead atoms. The van der Waals surface area contributed by atoms with E-state index in [1.165, 1.54) is 12.8 Å². The van der Waals surface area contributed by atoms with Gasteiger partial charge in [0.2, 0.25) is 5.91 Å². The van der Waals surface area contributed by atoms with E-state index in [1.807, 2.05) is 39.6 Å². The third-order valence-corrected chi connectivity index (χ3v) is 4.41. The third-order valence-electron chi connectivity index (χ3n) is 4.41. The maximum atomic E-state index is 12.2. The number of rotatable bonds is 8. The fraction of sp³-hybridized carbons (Fsp3) is 0.895. The molecule has 1 heterocycles. The molecule has 0 saturated carbocycles. The van der Waals surface area contributed by atoms with Gasteiger partial charge in [-0.05, 0) is 59.5 Å². The van der Waals surface area contributed by atoms with E-state index in [0.29, 0.717) is 12.5 Å². The van der Waals surface area contributed by atoms with E-state index >= 15 is 0 Å². The zero-order chi connectivity index (χ0) is 19.6. The Kier molecular flexibility index (Phi) is 9.94. The maximum absolute atomic E-state index is 12.2. The van der Waals surface area contributed by atoms with E-state index in [2.05, 4.69) is 15.5 Å². The second-order valence-electron chi connectivity index (χ2n) is 8.13. The van der Waals surface area contributed by atoms with Crippen LogP contribution in [0, 0.1) is 5.92 Å². The highest BCUT2D eigenvalue weighted by Gasteiger charge is 2.20. The van der Waals surface area contributed by atoms with E-state index in [0.717, 1.165) is 45.3 Å². The van der Waals surface area contributed by atoms with Gasteiger partial charge in [-0.25, -0.2) is 0 Å². The fourth-order valence-electron chi connectivity index (χ4n) is 3.05. The highest BCUT2D eigenvalue weighted by molar-refractivity contribution is 5.86. The normalized spacial score (nSPS) is 17.2. The predicted molar refractivity (Wildman–Crippen MR) is 108 cm³/mol. The van der Waals surface area contributed by atoms with Gasteiger partial charge in [0.15, 0.2) is 5.96 Å². The standard InChI is InChI=1S/C19H39N5O2/c1-7-20-18(23(5)15-17(25)22-19(2,3)4)21-14-16-8-10-24(11-9-16)12-13-26-6/h16H,7-15H2,1-6H3,(H,20,21)(H,22,25). The van der Waals surface area contributed by atoms with Crippen LogP contribution >= 0.6 is 0 Å². The SMILES string of the molecule is CCNC(=NCC1CCN(CCOC)CC1)N(C)CC(=O)NC(C)(C)C. The Morgan fingerprint density at radius 3 is 2.50 bits per heavy atom. The average molecular weight is 370 g/mol. The summed E-state index contributed by atoms with van der Waals surface area (Å²) in [5.41, 5.74) is -0.218. The Balaban J connectivity index is 2.49. The van der Waals surface area contributed by atoms with E-state index < -0.39 is 0 Å². The molecule has 1 rings (SSSR count). The fourth-order valence-corrected chi connectivity index (χ4v) is 3.05. The third kappa shape index (κ3) is 9.38. The van der Waals surface area contributed by atoms with Crippen molar-refractivity contribution in [2.45, 2.75) is 46.1 Å². The summed E-state index contributed by atoms with van der Waals surface area (Å²) in [6.45, 7) is 14.0. The molecule has 0 aromatic heterocycles. The Hall–Kier alpha value is -1.34. The van der Waals surface area contributed by atoms with Crippen LogP contribution in [-0.4, -0.2) is 87.2 Å². The van der Waals surface area contributed by atoms with Gasteiger partial charge in [0, 0.05) is 39.3 Å². The van der Waals surface area contributed by atoms with E-state index in [1.54, 1.807) is 7.11 Å². The van der Waals surface area contributed by atoms with Crippen molar-refractivity contribution in [3.8, 4) is 0 Å². The Bertz CT molecular complexity index is 440. The Morgan fingerprint density at radius 1 is 1.31 bits per heavy atom. The Morgan fingerprint density at radius 2 is 1.96 bits per heavy atom. The number of piperidine rings is 1. The molecule has 0 aromatic carbocycles. The smallest absolute Gasteiger partial charge is 0.240 e. The topological polar surface area (TPSA) is 69.2 Å². The molecule has 1 aliphatic rings. The summed E-state index contributed by atoms with van der Waals surface area (Å²) < 4.78 is 5.16. The number of nitrogens with zero attached hydrogens (tertiary/aromatic N) is 3. The number of hydrogen-bond donors (Lipinski definition) is 2. The Labute approximate surface area is 159 Å². The molecule has 0 spiro atoms. The number of carbonyl (C=O) groups is 1. The number of methoxy groups -OCH3 is 1. The molecule has 152 valence electrons. The van der Waals surface area contributed by atoms with Crippen LogP contribution in [0.15, 0.2) is 4.99 Å². The maximum Gasteiger partial charge on any atom is 0.240 e. The molecule has 0 aromatic rings. The zero-order valence-corrected chi connectivity index (χ0v) is 17.6. The van der Waals surface area contributed by atoms with Crippen molar-refractivity contribution in [2.75, 3.05) is 60.0 Å². The molecular weight excluding hydrogens is 330 g/mol. The van der Waals surface area contributed by atoms with Crippen molar-refractivity contribution in [1.82, 2.24) is 20.4 Å². The van der Waals surface area contributed by atoms with Crippen LogP contribution in [0.4, 0.5) is 0 Å². The molecule has 7 heteroatoms. The first kappa shape index (κ1) is 22.7. The number of nitrogens with one attached hydrogen (secondary N) is 2. The highest BCUT2D eigenvalue weighted by Crippen LogP contribution is 2.17. The van der Waals surface area contributed by atoms with Gasteiger partial charge in [-0.15, -0.1) is 0 Å². The number of hydrogen-bond acceptors (Lipinski definition) is 4. The quantitative estimate of drug-likeness (QED) is 0.496. The monoisotopic (exact) mass is 369 g/mol. The van der Waals surface area contributed by atoms with Crippen molar-refractivity contribution in [1.29, 1.82) is 0 Å². The van der Waals surface area contributed by atoms with Gasteiger partial charge in [-0.2, -0.15) is 0 Å². The van der Waals surface area contributed by atoms with Crippen LogP contribution in [0.25, 0.3) is 0 Å². The molecule has 0 unspecified atom stereocenters. The predicted octanol–water partition coefficient (Wildman–Crippen LogP) is 1.16. The number of likely N-dealkylation sites (N-methyl/N-ethyl adjacent to an activating group) is 1. The van der Waals surface area contributed by atoms with Gasteiger partial charge in [0.25, 0.3) is 0 Å². The second-order valence-corrected chi connectivity index (χ2v) is 8.13. The summed E-state index contributed by atoms with van der Waals surface area (Å²) in [6.07, 6.45) is 2.34. The summed E-state index contributed by atoms with van der Waals surface area (Å²) >= 11 is 0. The van der Waals surface area contributed by atoms with Crippen LogP contribution in [0.3, 0.4) is 0 Å². The van der Waals surface area contributed by atoms with Crippen LogP contribution < -0.4 is 10.6 Å². The minimum Gasteiger partial charge on any atom is -0.383 e. The molecular formula is C19H39N5O2. The highest BCUT2D eigenvalue weighted by atomic mass is 16.5. The first-order valence-corrected chi connectivity index (χ1v) is 9.77. The van der Waals surface area contributed by atoms with E-state index in [9.17, 15) is 4.79 Å². The summed E-state index contributed by atoms with van der Waals surface area (Å²) in [5.74, 6) is 1.43. The van der Waals surface area contributed by atoms with Crippen molar-refractivity contribution in [3.63, 3.8) is 0 Å². The lowest BCUT2D eigenvalue weighted by Crippen LogP contribution is -2.49. The minimum atomic E-state index is -0.218. The molecule has 2 N–H and O–H groups in total. The van der Waals surface area contributed by atoms with Gasteiger partial charge >= 0.3 is 0 Å². The van der Waals surface area contributed by atoms with Gasteiger partial charge in [0.1, 0.15) is 0 Å². The number of ether oxygens (including phenoxy) is 1. The molecule has 0 aliphatic carbocycles. The summed E-state index contributed by atoms with van der Waals surface area (Å²) in [4.78, 5) is 21.3. The zero-order valence-electron chi connectivity index (χ0n) is 17.6. The molecule has 7 nitrogen and oxygen atoms in total. The number of amides is 1. The number of aliphatic imine (C=N–C) groups is 1. The van der Waals surface area contributed by atoms with Gasteiger partial charge in [-0.1, -0.05) is 0 Å². The number of carbonyl (C=O) groups excluding carboxylic acids is 1. The first-order chi connectivity index (χ1) is 12.2. The molecule has 1 aliphatic heterocycles. The molecule has 0 atom stereocenters. The van der Waals surface area contributed by atoms with Crippen molar-refractivity contribution >= 4 is 11.9 Å². The van der Waals surface area contributed by atoms with Crippen LogP contribution in [0.1, 0.15) is 40.5 Å². The van der Waals surface area contributed by atoms with Crippen molar-refractivity contribution < 1.29 is 9.53 Å². The number of guanidine groups is 1. The van der Waals surface area contributed by atoms with Crippen molar-refractivity contribution in [3.05, 3.63) is 0 Å². The lowest BCUT2D eigenvalue weighted by Gasteiger charge is -2.31. The molecule has 0 radical (unpaired) electrons. The van der Waals surface area contributed by atoms with Crippen LogP contribution in [0.2, 0.25) is 0 Å². The van der Waals surface area contributed by atoms with E-state index in [4.69, 9.17) is 9.73 Å². The van der Waals surface area contributed by atoms with E-state index in [-0.39, 0.29) is 11.4 Å². The largest absolute Gasteiger partial charge is 0.383 e. The minimum absolute atomic E-state index is 0.0112. The van der Waals surface area contributed by atoms with Crippen molar-refractivity contribution in [2.24, 2.45) is 10.9 Å². The van der Waals surface area contributed by atoms with Crippen LogP contribution in [0.5, 0.6) is 0 Å². The average Bonchev–Trinajstić information content (AvgIpc) is 2.55. The lowest BCUT2D eigenvalue weighted by atomic mass is 9.97.